The molecule has 0 saturated heterocycles. The molecule has 0 fully saturated rings. The fourth-order valence-corrected chi connectivity index (χ4v) is 1.12. The Kier molecular flexibility index (Phi) is 3.36. The highest BCUT2D eigenvalue weighted by atomic mass is 19.4. The number of halogens is 4. The molecule has 2 nitrogen and oxygen atoms in total. The molecule has 0 aliphatic rings. The maximum absolute atomic E-state index is 13.0. The lowest BCUT2D eigenvalue weighted by molar-refractivity contribution is -0.127. The van der Waals surface area contributed by atoms with Crippen LogP contribution in [-0.2, 0) is 6.42 Å². The molecule has 1 aromatic carbocycles. The first kappa shape index (κ1) is 12.0. The lowest BCUT2D eigenvalue weighted by atomic mass is 9.79. The Hall–Kier alpha value is -1.08. The third kappa shape index (κ3) is 3.52. The molecule has 1 rings (SSSR count). The molecule has 0 heterocycles. The molecule has 0 unspecified atom stereocenters. The predicted octanol–water partition coefficient (Wildman–Crippen LogP) is 0.610. The molecule has 0 saturated carbocycles. The second-order valence-corrected chi connectivity index (χ2v) is 3.02. The largest absolute Gasteiger partial charge is 0.491 e. The summed E-state index contributed by atoms with van der Waals surface area (Å²) in [4.78, 5) is 0. The second kappa shape index (κ2) is 4.20. The number of rotatable bonds is 2. The van der Waals surface area contributed by atoms with Crippen LogP contribution in [0.15, 0.2) is 18.2 Å². The van der Waals surface area contributed by atoms with Gasteiger partial charge in [0.1, 0.15) is 5.82 Å². The summed E-state index contributed by atoms with van der Waals surface area (Å²) in [5.74, 6) is -1.06. The zero-order valence-corrected chi connectivity index (χ0v) is 7.42. The molecule has 0 aliphatic heterocycles. The highest BCUT2D eigenvalue weighted by Gasteiger charge is 2.28. The minimum absolute atomic E-state index is 0.260. The number of alkyl halides is 3. The van der Waals surface area contributed by atoms with E-state index in [1.54, 1.807) is 0 Å². The van der Waals surface area contributed by atoms with Crippen molar-refractivity contribution in [1.82, 2.24) is 0 Å². The van der Waals surface area contributed by atoms with E-state index in [0.29, 0.717) is 6.07 Å². The van der Waals surface area contributed by atoms with Gasteiger partial charge < -0.3 is 10.0 Å². The fourth-order valence-electron chi connectivity index (χ4n) is 1.12. The van der Waals surface area contributed by atoms with E-state index in [0.717, 1.165) is 12.1 Å². The molecule has 2 N–H and O–H groups in total. The molecule has 0 aromatic heterocycles. The van der Waals surface area contributed by atoms with Gasteiger partial charge in [-0.3, -0.25) is 0 Å². The van der Waals surface area contributed by atoms with Crippen LogP contribution in [-0.4, -0.2) is 23.3 Å². The van der Waals surface area contributed by atoms with Gasteiger partial charge in [0, 0.05) is 5.46 Å². The maximum Gasteiger partial charge on any atom is 0.491 e. The lowest BCUT2D eigenvalue weighted by Gasteiger charge is -2.08. The van der Waals surface area contributed by atoms with Gasteiger partial charge in [-0.1, -0.05) is 12.1 Å². The van der Waals surface area contributed by atoms with Gasteiger partial charge in [-0.2, -0.15) is 13.2 Å². The summed E-state index contributed by atoms with van der Waals surface area (Å²) in [7, 11) is -2.02. The quantitative estimate of drug-likeness (QED) is 0.568. The summed E-state index contributed by atoms with van der Waals surface area (Å²) in [6, 6.07) is 2.56. The summed E-state index contributed by atoms with van der Waals surface area (Å²) in [5.41, 5.74) is -0.703. The smallest absolute Gasteiger partial charge is 0.423 e. The highest BCUT2D eigenvalue weighted by Crippen LogP contribution is 2.21. The first-order chi connectivity index (χ1) is 6.79. The molecule has 0 bridgehead atoms. The van der Waals surface area contributed by atoms with Crippen LogP contribution in [0.25, 0.3) is 0 Å². The molecule has 82 valence electrons. The Morgan fingerprint density at radius 3 is 2.20 bits per heavy atom. The Labute approximate surface area is 83.3 Å². The van der Waals surface area contributed by atoms with E-state index >= 15 is 0 Å². The summed E-state index contributed by atoms with van der Waals surface area (Å²) in [6.45, 7) is 0. The van der Waals surface area contributed by atoms with Gasteiger partial charge in [0.25, 0.3) is 0 Å². The first-order valence-electron chi connectivity index (χ1n) is 4.01. The molecule has 0 aliphatic carbocycles. The van der Waals surface area contributed by atoms with Gasteiger partial charge in [-0.25, -0.2) is 4.39 Å². The van der Waals surface area contributed by atoms with Crippen LogP contribution in [0, 0.1) is 5.82 Å². The van der Waals surface area contributed by atoms with Crippen LogP contribution in [0.1, 0.15) is 5.56 Å². The van der Waals surface area contributed by atoms with Crippen LogP contribution in [0.3, 0.4) is 0 Å². The average Bonchev–Trinajstić information content (AvgIpc) is 1.99. The summed E-state index contributed by atoms with van der Waals surface area (Å²) >= 11 is 0. The van der Waals surface area contributed by atoms with E-state index in [4.69, 9.17) is 10.0 Å². The summed E-state index contributed by atoms with van der Waals surface area (Å²) < 4.78 is 48.7. The fraction of sp³-hybridized carbons (Fsp3) is 0.250. The number of hydrogen-bond acceptors (Lipinski definition) is 2. The van der Waals surface area contributed by atoms with Crippen molar-refractivity contribution in [2.45, 2.75) is 12.6 Å². The Morgan fingerprint density at radius 2 is 1.80 bits per heavy atom. The van der Waals surface area contributed by atoms with Gasteiger partial charge in [0.05, 0.1) is 6.42 Å². The van der Waals surface area contributed by atoms with Crippen LogP contribution in [0.4, 0.5) is 17.6 Å². The topological polar surface area (TPSA) is 40.5 Å². The number of benzene rings is 1. The number of hydrogen-bond donors (Lipinski definition) is 2. The zero-order chi connectivity index (χ0) is 11.6. The van der Waals surface area contributed by atoms with Gasteiger partial charge >= 0.3 is 13.3 Å². The standard InChI is InChI=1S/C8H7BF4O2/c10-7-3-5(4-8(11,12)13)1-2-6(7)9(14)15/h1-3,14-15H,4H2. The molecule has 15 heavy (non-hydrogen) atoms. The second-order valence-electron chi connectivity index (χ2n) is 3.02. The van der Waals surface area contributed by atoms with E-state index in [9.17, 15) is 17.6 Å². The molecule has 1 aromatic rings. The van der Waals surface area contributed by atoms with Crippen LogP contribution >= 0.6 is 0 Å². The van der Waals surface area contributed by atoms with Crippen molar-refractivity contribution in [2.24, 2.45) is 0 Å². The van der Waals surface area contributed by atoms with E-state index in [1.807, 2.05) is 0 Å². The molecule has 0 spiro atoms. The van der Waals surface area contributed by atoms with Crippen molar-refractivity contribution in [2.75, 3.05) is 0 Å². The summed E-state index contributed by atoms with van der Waals surface area (Å²) in [6.07, 6.45) is -5.66. The van der Waals surface area contributed by atoms with Crippen molar-refractivity contribution in [1.29, 1.82) is 0 Å². The van der Waals surface area contributed by atoms with Crippen molar-refractivity contribution in [3.63, 3.8) is 0 Å². The SMILES string of the molecule is OB(O)c1ccc(CC(F)(F)F)cc1F. The zero-order valence-electron chi connectivity index (χ0n) is 7.42. The van der Waals surface area contributed by atoms with Gasteiger partial charge in [0.2, 0.25) is 0 Å². The third-order valence-electron chi connectivity index (χ3n) is 1.75. The molecular weight excluding hydrogens is 215 g/mol. The van der Waals surface area contributed by atoms with E-state index in [2.05, 4.69) is 0 Å². The molecule has 0 amide bonds. The van der Waals surface area contributed by atoms with Crippen molar-refractivity contribution < 1.29 is 27.6 Å². The lowest BCUT2D eigenvalue weighted by Crippen LogP contribution is -2.32. The van der Waals surface area contributed by atoms with Crippen LogP contribution < -0.4 is 5.46 Å². The minimum atomic E-state index is -4.41. The van der Waals surface area contributed by atoms with Crippen molar-refractivity contribution in [3.05, 3.63) is 29.6 Å². The summed E-state index contributed by atoms with van der Waals surface area (Å²) in [5, 5.41) is 17.2. The van der Waals surface area contributed by atoms with Crippen LogP contribution in [0.2, 0.25) is 0 Å². The van der Waals surface area contributed by atoms with Gasteiger partial charge in [0.15, 0.2) is 0 Å². The molecular formula is C8H7BF4O2. The Morgan fingerprint density at radius 1 is 1.20 bits per heavy atom. The van der Waals surface area contributed by atoms with Crippen molar-refractivity contribution in [3.8, 4) is 0 Å². The maximum atomic E-state index is 13.0. The highest BCUT2D eigenvalue weighted by molar-refractivity contribution is 6.58. The monoisotopic (exact) mass is 222 g/mol. The minimum Gasteiger partial charge on any atom is -0.423 e. The van der Waals surface area contributed by atoms with E-state index in [-0.39, 0.29) is 5.56 Å². The Bertz CT molecular complexity index is 351. The van der Waals surface area contributed by atoms with Gasteiger partial charge in [-0.15, -0.1) is 0 Å². The van der Waals surface area contributed by atoms with Gasteiger partial charge in [-0.05, 0) is 11.6 Å². The molecule has 0 radical (unpaired) electrons. The Balaban J connectivity index is 2.92. The van der Waals surface area contributed by atoms with Crippen LogP contribution in [0.5, 0.6) is 0 Å². The van der Waals surface area contributed by atoms with E-state index in [1.165, 1.54) is 0 Å². The normalized spacial score (nSPS) is 11.6. The molecule has 0 atom stereocenters. The van der Waals surface area contributed by atoms with Crippen molar-refractivity contribution >= 4 is 12.6 Å². The third-order valence-corrected chi connectivity index (χ3v) is 1.75. The predicted molar refractivity (Wildman–Crippen MR) is 46.0 cm³/mol. The molecule has 7 heteroatoms. The van der Waals surface area contributed by atoms with E-state index < -0.39 is 31.0 Å². The average molecular weight is 222 g/mol. The first-order valence-corrected chi connectivity index (χ1v) is 4.01.